The lowest BCUT2D eigenvalue weighted by Crippen LogP contribution is -2.42. The van der Waals surface area contributed by atoms with Crippen molar-refractivity contribution < 1.29 is 4.79 Å². The Morgan fingerprint density at radius 1 is 1.31 bits per heavy atom. The molecule has 134 valence electrons. The van der Waals surface area contributed by atoms with Crippen molar-refractivity contribution >= 4 is 17.1 Å². The van der Waals surface area contributed by atoms with E-state index in [9.17, 15) is 4.79 Å². The van der Waals surface area contributed by atoms with Gasteiger partial charge in [0.1, 0.15) is 5.52 Å². The first-order chi connectivity index (χ1) is 12.7. The molecule has 3 aromatic heterocycles. The third kappa shape index (κ3) is 3.30. The van der Waals surface area contributed by atoms with Gasteiger partial charge in [0.25, 0.3) is 5.91 Å². The fourth-order valence-corrected chi connectivity index (χ4v) is 3.49. The lowest BCUT2D eigenvalue weighted by molar-refractivity contribution is 0.0678. The molecular formula is C19H22N6O. The highest BCUT2D eigenvalue weighted by atomic mass is 16.2. The van der Waals surface area contributed by atoms with Gasteiger partial charge in [-0.2, -0.15) is 0 Å². The fraction of sp³-hybridized carbons (Fsp3) is 0.368. The number of carbonyl (C=O) groups is 1. The SMILES string of the molecule is NCC1CCCN(C(=O)c2cnc3c(c2)ncn3Cc2cccnc2)C1. The van der Waals surface area contributed by atoms with Gasteiger partial charge in [-0.3, -0.25) is 9.78 Å². The molecule has 1 atom stereocenters. The van der Waals surface area contributed by atoms with Crippen LogP contribution in [0.5, 0.6) is 0 Å². The van der Waals surface area contributed by atoms with E-state index in [1.54, 1.807) is 18.7 Å². The molecule has 0 saturated carbocycles. The van der Waals surface area contributed by atoms with E-state index >= 15 is 0 Å². The van der Waals surface area contributed by atoms with E-state index in [-0.39, 0.29) is 5.91 Å². The number of amides is 1. The summed E-state index contributed by atoms with van der Waals surface area (Å²) >= 11 is 0. The summed E-state index contributed by atoms with van der Waals surface area (Å²) in [5.41, 5.74) is 8.94. The highest BCUT2D eigenvalue weighted by Crippen LogP contribution is 2.19. The standard InChI is InChI=1S/C19H22N6O/c20-8-14-4-2-6-24(11-14)19(26)16-7-17-18(22-10-16)25(13-23-17)12-15-3-1-5-21-9-15/h1,3,5,7,9-10,13-14H,2,4,6,8,11-12,20H2. The van der Waals surface area contributed by atoms with Crippen molar-refractivity contribution in [1.29, 1.82) is 0 Å². The molecule has 0 bridgehead atoms. The summed E-state index contributed by atoms with van der Waals surface area (Å²) in [7, 11) is 0. The Morgan fingerprint density at radius 2 is 2.23 bits per heavy atom. The molecule has 1 amide bonds. The first-order valence-electron chi connectivity index (χ1n) is 8.93. The number of imidazole rings is 1. The van der Waals surface area contributed by atoms with Crippen molar-refractivity contribution in [2.45, 2.75) is 19.4 Å². The normalized spacial score (nSPS) is 17.6. The molecule has 0 spiro atoms. The van der Waals surface area contributed by atoms with Crippen LogP contribution in [0.2, 0.25) is 0 Å². The molecule has 0 radical (unpaired) electrons. The summed E-state index contributed by atoms with van der Waals surface area (Å²) in [6, 6.07) is 5.75. The van der Waals surface area contributed by atoms with Crippen LogP contribution >= 0.6 is 0 Å². The van der Waals surface area contributed by atoms with Gasteiger partial charge in [-0.1, -0.05) is 6.07 Å². The van der Waals surface area contributed by atoms with E-state index < -0.39 is 0 Å². The third-order valence-corrected chi connectivity index (χ3v) is 4.92. The summed E-state index contributed by atoms with van der Waals surface area (Å²) < 4.78 is 1.96. The maximum Gasteiger partial charge on any atom is 0.255 e. The minimum Gasteiger partial charge on any atom is -0.338 e. The van der Waals surface area contributed by atoms with Gasteiger partial charge in [-0.15, -0.1) is 0 Å². The van der Waals surface area contributed by atoms with Gasteiger partial charge in [0.2, 0.25) is 0 Å². The second-order valence-electron chi connectivity index (χ2n) is 6.80. The largest absolute Gasteiger partial charge is 0.338 e. The number of carbonyl (C=O) groups excluding carboxylic acids is 1. The van der Waals surface area contributed by atoms with Gasteiger partial charge < -0.3 is 15.2 Å². The van der Waals surface area contributed by atoms with Crippen LogP contribution in [0.15, 0.2) is 43.1 Å². The Kier molecular flexibility index (Phi) is 4.62. The summed E-state index contributed by atoms with van der Waals surface area (Å²) in [5.74, 6) is 0.405. The number of piperidine rings is 1. The van der Waals surface area contributed by atoms with Gasteiger partial charge in [0.15, 0.2) is 5.65 Å². The molecule has 4 heterocycles. The second kappa shape index (κ2) is 7.21. The molecule has 26 heavy (non-hydrogen) atoms. The van der Waals surface area contributed by atoms with Gasteiger partial charge in [0, 0.05) is 31.7 Å². The number of nitrogens with zero attached hydrogens (tertiary/aromatic N) is 5. The predicted molar refractivity (Wildman–Crippen MR) is 98.5 cm³/mol. The van der Waals surface area contributed by atoms with Gasteiger partial charge in [-0.05, 0) is 43.0 Å². The van der Waals surface area contributed by atoms with Crippen LogP contribution in [0.25, 0.3) is 11.2 Å². The highest BCUT2D eigenvalue weighted by molar-refractivity contribution is 5.96. The Bertz CT molecular complexity index is 907. The molecule has 1 unspecified atom stereocenters. The zero-order chi connectivity index (χ0) is 17.9. The van der Waals surface area contributed by atoms with Gasteiger partial charge >= 0.3 is 0 Å². The first kappa shape index (κ1) is 16.7. The molecule has 1 fully saturated rings. The number of likely N-dealkylation sites (tertiary alicyclic amines) is 1. The minimum atomic E-state index is 0.0133. The average Bonchev–Trinajstić information content (AvgIpc) is 3.10. The van der Waals surface area contributed by atoms with Crippen LogP contribution in [0.3, 0.4) is 0 Å². The third-order valence-electron chi connectivity index (χ3n) is 4.92. The number of hydrogen-bond acceptors (Lipinski definition) is 5. The first-order valence-corrected chi connectivity index (χ1v) is 8.93. The summed E-state index contributed by atoms with van der Waals surface area (Å²) in [5, 5.41) is 0. The lowest BCUT2D eigenvalue weighted by Gasteiger charge is -2.32. The number of aromatic nitrogens is 4. The van der Waals surface area contributed by atoms with Crippen molar-refractivity contribution in [1.82, 2.24) is 24.4 Å². The van der Waals surface area contributed by atoms with Crippen LogP contribution in [0.1, 0.15) is 28.8 Å². The van der Waals surface area contributed by atoms with Crippen molar-refractivity contribution in [3.63, 3.8) is 0 Å². The van der Waals surface area contributed by atoms with E-state index in [2.05, 4.69) is 15.0 Å². The van der Waals surface area contributed by atoms with Crippen LogP contribution in [-0.2, 0) is 6.54 Å². The average molecular weight is 350 g/mol. The number of rotatable bonds is 4. The van der Waals surface area contributed by atoms with Crippen LogP contribution < -0.4 is 5.73 Å². The number of fused-ring (bicyclic) bond motifs is 1. The Morgan fingerprint density at radius 3 is 3.04 bits per heavy atom. The van der Waals surface area contributed by atoms with E-state index in [0.29, 0.717) is 24.6 Å². The van der Waals surface area contributed by atoms with Crippen LogP contribution in [-0.4, -0.2) is 50.0 Å². The smallest absolute Gasteiger partial charge is 0.255 e. The van der Waals surface area contributed by atoms with Gasteiger partial charge in [0.05, 0.1) is 18.4 Å². The van der Waals surface area contributed by atoms with Crippen molar-refractivity contribution in [2.75, 3.05) is 19.6 Å². The zero-order valence-electron chi connectivity index (χ0n) is 14.6. The lowest BCUT2D eigenvalue weighted by atomic mass is 9.98. The van der Waals surface area contributed by atoms with Crippen molar-refractivity contribution in [2.24, 2.45) is 11.7 Å². The molecule has 1 aliphatic rings. The molecule has 0 aliphatic carbocycles. The fourth-order valence-electron chi connectivity index (χ4n) is 3.49. The summed E-state index contributed by atoms with van der Waals surface area (Å²) in [4.78, 5) is 27.7. The highest BCUT2D eigenvalue weighted by Gasteiger charge is 2.24. The summed E-state index contributed by atoms with van der Waals surface area (Å²) in [6.45, 7) is 2.78. The predicted octanol–water partition coefficient (Wildman–Crippen LogP) is 1.69. The Hall–Kier alpha value is -2.80. The number of nitrogens with two attached hydrogens (primary N) is 1. The topological polar surface area (TPSA) is 89.9 Å². The van der Waals surface area contributed by atoms with Crippen LogP contribution in [0.4, 0.5) is 0 Å². The quantitative estimate of drug-likeness (QED) is 0.773. The molecule has 2 N–H and O–H groups in total. The van der Waals surface area contributed by atoms with Crippen molar-refractivity contribution in [3.8, 4) is 0 Å². The zero-order valence-corrected chi connectivity index (χ0v) is 14.6. The molecule has 7 heteroatoms. The second-order valence-corrected chi connectivity index (χ2v) is 6.80. The van der Waals surface area contributed by atoms with E-state index in [1.807, 2.05) is 33.9 Å². The monoisotopic (exact) mass is 350 g/mol. The van der Waals surface area contributed by atoms with E-state index in [1.165, 1.54) is 0 Å². The molecule has 1 saturated heterocycles. The van der Waals surface area contributed by atoms with E-state index in [4.69, 9.17) is 5.73 Å². The van der Waals surface area contributed by atoms with Crippen molar-refractivity contribution in [3.05, 3.63) is 54.2 Å². The molecule has 3 aromatic rings. The molecular weight excluding hydrogens is 328 g/mol. The minimum absolute atomic E-state index is 0.0133. The van der Waals surface area contributed by atoms with E-state index in [0.717, 1.165) is 42.7 Å². The molecule has 7 nitrogen and oxygen atoms in total. The number of pyridine rings is 2. The molecule has 1 aliphatic heterocycles. The Balaban J connectivity index is 1.55. The Labute approximate surface area is 151 Å². The van der Waals surface area contributed by atoms with Crippen LogP contribution in [0, 0.1) is 5.92 Å². The van der Waals surface area contributed by atoms with Gasteiger partial charge in [-0.25, -0.2) is 9.97 Å². The molecule has 4 rings (SSSR count). The summed E-state index contributed by atoms with van der Waals surface area (Å²) in [6.07, 6.45) is 9.08. The number of hydrogen-bond donors (Lipinski definition) is 1. The maximum absolute atomic E-state index is 12.8. The molecule has 0 aromatic carbocycles. The maximum atomic E-state index is 12.8.